The largest absolute Gasteiger partial charge is 0.389 e. The van der Waals surface area contributed by atoms with Crippen molar-refractivity contribution in [2.24, 2.45) is 11.1 Å². The third-order valence-electron chi connectivity index (χ3n) is 5.36. The molecule has 114 valence electrons. The summed E-state index contributed by atoms with van der Waals surface area (Å²) >= 11 is 5.26. The smallest absolute Gasteiger partial charge is 0.139 e. The molecule has 1 aromatic rings. The van der Waals surface area contributed by atoms with Crippen LogP contribution in [0.15, 0.2) is 6.07 Å². The van der Waals surface area contributed by atoms with E-state index in [2.05, 4.69) is 17.9 Å². The number of rotatable bonds is 2. The van der Waals surface area contributed by atoms with Gasteiger partial charge in [-0.3, -0.25) is 0 Å². The number of hydrogen-bond acceptors (Lipinski definition) is 3. The SMILES string of the molecule is Cc1cc(C)c(C(N)=S)c(N2CCC3(CCCC3)CC2)n1. The molecule has 2 aliphatic rings. The van der Waals surface area contributed by atoms with Crippen LogP contribution in [0.25, 0.3) is 0 Å². The molecule has 2 heterocycles. The highest BCUT2D eigenvalue weighted by Gasteiger charge is 2.37. The van der Waals surface area contributed by atoms with Gasteiger partial charge in [-0.1, -0.05) is 25.1 Å². The lowest BCUT2D eigenvalue weighted by Gasteiger charge is -2.40. The van der Waals surface area contributed by atoms with Gasteiger partial charge in [-0.05, 0) is 56.6 Å². The second-order valence-corrected chi connectivity index (χ2v) is 7.28. The molecule has 0 unspecified atom stereocenters. The van der Waals surface area contributed by atoms with Gasteiger partial charge in [0.25, 0.3) is 0 Å². The number of piperidine rings is 1. The summed E-state index contributed by atoms with van der Waals surface area (Å²) in [6, 6.07) is 2.07. The zero-order valence-electron chi connectivity index (χ0n) is 13.1. The molecular weight excluding hydrogens is 278 g/mol. The van der Waals surface area contributed by atoms with Crippen LogP contribution in [0, 0.1) is 19.3 Å². The maximum Gasteiger partial charge on any atom is 0.139 e. The predicted molar refractivity (Wildman–Crippen MR) is 91.9 cm³/mol. The van der Waals surface area contributed by atoms with Gasteiger partial charge >= 0.3 is 0 Å². The number of anilines is 1. The predicted octanol–water partition coefficient (Wildman–Crippen LogP) is 3.49. The molecule has 1 spiro atoms. The van der Waals surface area contributed by atoms with Gasteiger partial charge < -0.3 is 10.6 Å². The van der Waals surface area contributed by atoms with Crippen LogP contribution in [-0.4, -0.2) is 23.1 Å². The Bertz CT molecular complexity index is 551. The van der Waals surface area contributed by atoms with E-state index in [1.54, 1.807) is 0 Å². The lowest BCUT2D eigenvalue weighted by Crippen LogP contribution is -2.40. The highest BCUT2D eigenvalue weighted by Crippen LogP contribution is 2.46. The molecule has 0 radical (unpaired) electrons. The van der Waals surface area contributed by atoms with Crippen molar-refractivity contribution in [3.8, 4) is 0 Å². The van der Waals surface area contributed by atoms with Crippen LogP contribution in [0.5, 0.6) is 0 Å². The van der Waals surface area contributed by atoms with Gasteiger partial charge in [0, 0.05) is 18.8 Å². The van der Waals surface area contributed by atoms with Crippen molar-refractivity contribution in [1.82, 2.24) is 4.98 Å². The number of pyridine rings is 1. The van der Waals surface area contributed by atoms with Crippen molar-refractivity contribution in [2.45, 2.75) is 52.4 Å². The minimum absolute atomic E-state index is 0.469. The van der Waals surface area contributed by atoms with Crippen LogP contribution in [-0.2, 0) is 0 Å². The minimum atomic E-state index is 0.469. The van der Waals surface area contributed by atoms with Gasteiger partial charge in [0.1, 0.15) is 10.8 Å². The van der Waals surface area contributed by atoms with E-state index in [1.165, 1.54) is 38.5 Å². The van der Waals surface area contributed by atoms with E-state index in [1.807, 2.05) is 6.92 Å². The maximum atomic E-state index is 5.95. The van der Waals surface area contributed by atoms with Crippen LogP contribution in [0.3, 0.4) is 0 Å². The molecule has 21 heavy (non-hydrogen) atoms. The normalized spacial score (nSPS) is 21.0. The van der Waals surface area contributed by atoms with Crippen molar-refractivity contribution in [1.29, 1.82) is 0 Å². The number of thiocarbonyl (C=S) groups is 1. The molecular formula is C17H25N3S. The third kappa shape index (κ3) is 2.78. The Labute approximate surface area is 132 Å². The number of aromatic nitrogens is 1. The van der Waals surface area contributed by atoms with E-state index in [4.69, 9.17) is 22.9 Å². The Morgan fingerprint density at radius 1 is 1.19 bits per heavy atom. The molecule has 0 amide bonds. The Morgan fingerprint density at radius 3 is 2.38 bits per heavy atom. The fourth-order valence-corrected chi connectivity index (χ4v) is 4.42. The van der Waals surface area contributed by atoms with Crippen molar-refractivity contribution in [2.75, 3.05) is 18.0 Å². The summed E-state index contributed by atoms with van der Waals surface area (Å²) in [5, 5.41) is 0. The number of nitrogens with two attached hydrogens (primary N) is 1. The summed E-state index contributed by atoms with van der Waals surface area (Å²) in [7, 11) is 0. The first kappa shape index (κ1) is 14.8. The Morgan fingerprint density at radius 2 is 1.81 bits per heavy atom. The van der Waals surface area contributed by atoms with Crippen LogP contribution in [0.1, 0.15) is 55.3 Å². The lowest BCUT2D eigenvalue weighted by atomic mass is 9.77. The average Bonchev–Trinajstić information content (AvgIpc) is 2.86. The molecule has 0 aromatic carbocycles. The molecule has 1 saturated heterocycles. The molecule has 2 N–H and O–H groups in total. The van der Waals surface area contributed by atoms with Crippen LogP contribution in [0.2, 0.25) is 0 Å². The first-order chi connectivity index (χ1) is 10.0. The molecule has 1 aliphatic carbocycles. The highest BCUT2D eigenvalue weighted by molar-refractivity contribution is 7.80. The van der Waals surface area contributed by atoms with Gasteiger partial charge in [0.2, 0.25) is 0 Å². The summed E-state index contributed by atoms with van der Waals surface area (Å²) in [4.78, 5) is 7.62. The quantitative estimate of drug-likeness (QED) is 0.849. The first-order valence-corrected chi connectivity index (χ1v) is 8.45. The minimum Gasteiger partial charge on any atom is -0.389 e. The van der Waals surface area contributed by atoms with Gasteiger partial charge in [-0.25, -0.2) is 4.98 Å². The van der Waals surface area contributed by atoms with Crippen molar-refractivity contribution >= 4 is 23.0 Å². The first-order valence-electron chi connectivity index (χ1n) is 8.04. The summed E-state index contributed by atoms with van der Waals surface area (Å²) < 4.78 is 0. The van der Waals surface area contributed by atoms with Gasteiger partial charge in [-0.15, -0.1) is 0 Å². The van der Waals surface area contributed by atoms with E-state index < -0.39 is 0 Å². The zero-order valence-corrected chi connectivity index (χ0v) is 13.9. The van der Waals surface area contributed by atoms with Crippen molar-refractivity contribution in [3.05, 3.63) is 22.9 Å². The third-order valence-corrected chi connectivity index (χ3v) is 5.56. The summed E-state index contributed by atoms with van der Waals surface area (Å²) in [6.45, 7) is 6.30. The molecule has 0 bridgehead atoms. The highest BCUT2D eigenvalue weighted by atomic mass is 32.1. The second-order valence-electron chi connectivity index (χ2n) is 6.84. The van der Waals surface area contributed by atoms with Crippen molar-refractivity contribution < 1.29 is 0 Å². The van der Waals surface area contributed by atoms with E-state index in [-0.39, 0.29) is 0 Å². The monoisotopic (exact) mass is 303 g/mol. The van der Waals surface area contributed by atoms with E-state index in [0.717, 1.165) is 35.7 Å². The summed E-state index contributed by atoms with van der Waals surface area (Å²) in [5.74, 6) is 1.01. The fourth-order valence-electron chi connectivity index (χ4n) is 4.17. The van der Waals surface area contributed by atoms with Crippen LogP contribution < -0.4 is 10.6 Å². The van der Waals surface area contributed by atoms with Gasteiger partial charge in [0.05, 0.1) is 5.56 Å². The Kier molecular flexibility index (Phi) is 3.91. The van der Waals surface area contributed by atoms with Gasteiger partial charge in [-0.2, -0.15) is 0 Å². The topological polar surface area (TPSA) is 42.1 Å². The number of nitrogens with zero attached hydrogens (tertiary/aromatic N) is 2. The maximum absolute atomic E-state index is 5.95. The molecule has 1 saturated carbocycles. The molecule has 0 atom stereocenters. The molecule has 2 fully saturated rings. The van der Waals surface area contributed by atoms with E-state index in [0.29, 0.717) is 10.4 Å². The van der Waals surface area contributed by atoms with E-state index >= 15 is 0 Å². The Hall–Kier alpha value is -1.16. The van der Waals surface area contributed by atoms with E-state index in [9.17, 15) is 0 Å². The number of hydrogen-bond donors (Lipinski definition) is 1. The zero-order chi connectivity index (χ0) is 15.0. The van der Waals surface area contributed by atoms with Crippen LogP contribution in [0.4, 0.5) is 5.82 Å². The van der Waals surface area contributed by atoms with Crippen molar-refractivity contribution in [3.63, 3.8) is 0 Å². The molecule has 3 rings (SSSR count). The van der Waals surface area contributed by atoms with Gasteiger partial charge in [0.15, 0.2) is 0 Å². The molecule has 1 aromatic heterocycles. The molecule has 1 aliphatic heterocycles. The van der Waals surface area contributed by atoms with Crippen LogP contribution >= 0.6 is 12.2 Å². The number of aryl methyl sites for hydroxylation is 2. The average molecular weight is 303 g/mol. The summed E-state index contributed by atoms with van der Waals surface area (Å²) in [6.07, 6.45) is 8.25. The molecule has 3 nitrogen and oxygen atoms in total. The lowest BCUT2D eigenvalue weighted by molar-refractivity contribution is 0.226. The summed E-state index contributed by atoms with van der Waals surface area (Å²) in [5.41, 5.74) is 9.74. The Balaban J connectivity index is 1.86. The molecule has 4 heteroatoms. The standard InChI is InChI=1S/C17H25N3S/c1-12-11-13(2)19-16(14(12)15(18)21)20-9-7-17(8-10-20)5-3-4-6-17/h11H,3-10H2,1-2H3,(H2,18,21). The fraction of sp³-hybridized carbons (Fsp3) is 0.647. The second kappa shape index (κ2) is 5.56.